The highest BCUT2D eigenvalue weighted by molar-refractivity contribution is 9.10. The fourth-order valence-corrected chi connectivity index (χ4v) is 1.91. The summed E-state index contributed by atoms with van der Waals surface area (Å²) in [4.78, 5) is 0. The minimum Gasteiger partial charge on any atom is -0.496 e. The van der Waals surface area contributed by atoms with Crippen LogP contribution in [0.5, 0.6) is 11.5 Å². The van der Waals surface area contributed by atoms with Gasteiger partial charge in [-0.3, -0.25) is 0 Å². The monoisotopic (exact) mass is 290 g/mol. The summed E-state index contributed by atoms with van der Waals surface area (Å²) in [6, 6.07) is 3.43. The Morgan fingerprint density at radius 1 is 1.25 bits per heavy atom. The minimum atomic E-state index is -0.762. The van der Waals surface area contributed by atoms with Gasteiger partial charge in [0.25, 0.3) is 0 Å². The maximum absolute atomic E-state index is 9.83. The lowest BCUT2D eigenvalue weighted by Gasteiger charge is -2.16. The summed E-state index contributed by atoms with van der Waals surface area (Å²) >= 11 is 3.33. The maximum Gasteiger partial charge on any atom is 0.133 e. The van der Waals surface area contributed by atoms with Crippen molar-refractivity contribution >= 4 is 15.9 Å². The molecule has 1 atom stereocenters. The van der Waals surface area contributed by atoms with Gasteiger partial charge in [0, 0.05) is 18.6 Å². The molecule has 0 heterocycles. The Morgan fingerprint density at radius 2 is 1.88 bits per heavy atom. The van der Waals surface area contributed by atoms with Crippen molar-refractivity contribution in [2.75, 3.05) is 20.8 Å². The van der Waals surface area contributed by atoms with Gasteiger partial charge in [0.05, 0.1) is 24.8 Å². The Hall–Kier alpha value is -0.780. The number of rotatable bonds is 5. The summed E-state index contributed by atoms with van der Waals surface area (Å²) in [5.74, 6) is 1.18. The third-order valence-electron chi connectivity index (χ3n) is 2.27. The number of hydrogen-bond acceptors (Lipinski definition) is 4. The Morgan fingerprint density at radius 3 is 2.38 bits per heavy atom. The van der Waals surface area contributed by atoms with Gasteiger partial charge in [-0.05, 0) is 28.1 Å². The molecule has 0 fully saturated rings. The van der Waals surface area contributed by atoms with Crippen LogP contribution in [0.2, 0.25) is 0 Å². The molecular weight excluding hydrogens is 276 g/mol. The molecule has 1 aromatic rings. The van der Waals surface area contributed by atoms with Gasteiger partial charge < -0.3 is 19.7 Å². The lowest BCUT2D eigenvalue weighted by atomic mass is 10.1. The van der Waals surface area contributed by atoms with E-state index in [9.17, 15) is 5.11 Å². The van der Waals surface area contributed by atoms with Crippen molar-refractivity contribution in [1.29, 1.82) is 0 Å². The SMILES string of the molecule is COc1cc(C(O)CCO)c(OC)cc1Br. The predicted molar refractivity (Wildman–Crippen MR) is 63.9 cm³/mol. The number of ether oxygens (including phenoxy) is 2. The molecule has 0 spiro atoms. The van der Waals surface area contributed by atoms with Crippen LogP contribution in [0.25, 0.3) is 0 Å². The van der Waals surface area contributed by atoms with Crippen molar-refractivity contribution in [1.82, 2.24) is 0 Å². The molecule has 0 saturated carbocycles. The first kappa shape index (κ1) is 13.3. The number of methoxy groups -OCH3 is 2. The first-order chi connectivity index (χ1) is 7.63. The number of benzene rings is 1. The zero-order valence-corrected chi connectivity index (χ0v) is 10.8. The van der Waals surface area contributed by atoms with Gasteiger partial charge >= 0.3 is 0 Å². The van der Waals surface area contributed by atoms with Gasteiger partial charge in [0.1, 0.15) is 11.5 Å². The fourth-order valence-electron chi connectivity index (χ4n) is 1.42. The van der Waals surface area contributed by atoms with Crippen molar-refractivity contribution in [3.8, 4) is 11.5 Å². The summed E-state index contributed by atoms with van der Waals surface area (Å²) in [6.45, 7) is -0.0807. The molecule has 0 saturated heterocycles. The molecule has 0 aliphatic carbocycles. The second kappa shape index (κ2) is 6.08. The summed E-state index contributed by atoms with van der Waals surface area (Å²) in [5, 5.41) is 18.6. The van der Waals surface area contributed by atoms with E-state index in [1.165, 1.54) is 7.11 Å². The van der Waals surface area contributed by atoms with E-state index in [1.807, 2.05) is 0 Å². The molecule has 0 aliphatic heterocycles. The second-order valence-electron chi connectivity index (χ2n) is 3.26. The summed E-state index contributed by atoms with van der Waals surface area (Å²) in [7, 11) is 3.08. The molecule has 0 radical (unpaired) electrons. The highest BCUT2D eigenvalue weighted by Gasteiger charge is 2.16. The molecule has 0 amide bonds. The Labute approximate surface area is 103 Å². The molecule has 1 aromatic carbocycles. The van der Waals surface area contributed by atoms with E-state index in [4.69, 9.17) is 14.6 Å². The van der Waals surface area contributed by atoms with Crippen molar-refractivity contribution in [3.05, 3.63) is 22.2 Å². The van der Waals surface area contributed by atoms with E-state index < -0.39 is 6.10 Å². The topological polar surface area (TPSA) is 58.9 Å². The molecule has 0 bridgehead atoms. The van der Waals surface area contributed by atoms with E-state index in [1.54, 1.807) is 19.2 Å². The summed E-state index contributed by atoms with van der Waals surface area (Å²) in [5.41, 5.74) is 0.608. The number of hydrogen-bond donors (Lipinski definition) is 2. The molecular formula is C11H15BrO4. The average molecular weight is 291 g/mol. The highest BCUT2D eigenvalue weighted by Crippen LogP contribution is 2.36. The lowest BCUT2D eigenvalue weighted by molar-refractivity contribution is 0.131. The fraction of sp³-hybridized carbons (Fsp3) is 0.455. The van der Waals surface area contributed by atoms with Gasteiger partial charge in [-0.15, -0.1) is 0 Å². The van der Waals surface area contributed by atoms with Crippen LogP contribution in [0.15, 0.2) is 16.6 Å². The van der Waals surface area contributed by atoms with Crippen LogP contribution < -0.4 is 9.47 Å². The van der Waals surface area contributed by atoms with E-state index in [2.05, 4.69) is 15.9 Å². The zero-order valence-electron chi connectivity index (χ0n) is 9.24. The first-order valence-electron chi connectivity index (χ1n) is 4.84. The van der Waals surface area contributed by atoms with Crippen molar-refractivity contribution in [3.63, 3.8) is 0 Å². The highest BCUT2D eigenvalue weighted by atomic mass is 79.9. The Kier molecular flexibility index (Phi) is 5.05. The van der Waals surface area contributed by atoms with Gasteiger partial charge in [-0.1, -0.05) is 0 Å². The van der Waals surface area contributed by atoms with Crippen molar-refractivity contribution in [2.45, 2.75) is 12.5 Å². The summed E-state index contributed by atoms with van der Waals surface area (Å²) < 4.78 is 11.1. The van der Waals surface area contributed by atoms with E-state index >= 15 is 0 Å². The minimum absolute atomic E-state index is 0.0807. The normalized spacial score (nSPS) is 12.3. The van der Waals surface area contributed by atoms with Crippen LogP contribution in [0, 0.1) is 0 Å². The summed E-state index contributed by atoms with van der Waals surface area (Å²) in [6.07, 6.45) is -0.497. The lowest BCUT2D eigenvalue weighted by Crippen LogP contribution is -2.03. The van der Waals surface area contributed by atoms with Crippen LogP contribution in [0.1, 0.15) is 18.1 Å². The van der Waals surface area contributed by atoms with Crippen LogP contribution in [0.3, 0.4) is 0 Å². The molecule has 0 aliphatic rings. The van der Waals surface area contributed by atoms with E-state index in [0.29, 0.717) is 17.1 Å². The van der Waals surface area contributed by atoms with Gasteiger partial charge in [-0.25, -0.2) is 0 Å². The Bertz CT molecular complexity index is 354. The maximum atomic E-state index is 9.83. The van der Waals surface area contributed by atoms with Crippen molar-refractivity contribution in [2.24, 2.45) is 0 Å². The van der Waals surface area contributed by atoms with Crippen molar-refractivity contribution < 1.29 is 19.7 Å². The third kappa shape index (κ3) is 2.87. The molecule has 90 valence electrons. The van der Waals surface area contributed by atoms with Crippen LogP contribution in [-0.4, -0.2) is 31.0 Å². The average Bonchev–Trinajstić information content (AvgIpc) is 2.28. The van der Waals surface area contributed by atoms with Crippen LogP contribution in [0.4, 0.5) is 0 Å². The van der Waals surface area contributed by atoms with Crippen LogP contribution >= 0.6 is 15.9 Å². The molecule has 1 rings (SSSR count). The van der Waals surface area contributed by atoms with E-state index in [0.717, 1.165) is 4.47 Å². The molecule has 16 heavy (non-hydrogen) atoms. The molecule has 0 aromatic heterocycles. The molecule has 1 unspecified atom stereocenters. The van der Waals surface area contributed by atoms with Gasteiger partial charge in [0.2, 0.25) is 0 Å². The molecule has 4 nitrogen and oxygen atoms in total. The standard InChI is InChI=1S/C11H15BrO4/c1-15-10-6-8(12)11(16-2)5-7(10)9(14)3-4-13/h5-6,9,13-14H,3-4H2,1-2H3. The number of aliphatic hydroxyl groups excluding tert-OH is 2. The number of halogens is 1. The largest absolute Gasteiger partial charge is 0.496 e. The Balaban J connectivity index is 3.13. The smallest absolute Gasteiger partial charge is 0.133 e. The third-order valence-corrected chi connectivity index (χ3v) is 2.89. The zero-order chi connectivity index (χ0) is 12.1. The quantitative estimate of drug-likeness (QED) is 0.869. The number of aliphatic hydroxyl groups is 2. The van der Waals surface area contributed by atoms with Gasteiger partial charge in [0.15, 0.2) is 0 Å². The molecule has 5 heteroatoms. The van der Waals surface area contributed by atoms with E-state index in [-0.39, 0.29) is 13.0 Å². The van der Waals surface area contributed by atoms with Crippen LogP contribution in [-0.2, 0) is 0 Å². The first-order valence-corrected chi connectivity index (χ1v) is 5.63. The molecule has 2 N–H and O–H groups in total. The van der Waals surface area contributed by atoms with Gasteiger partial charge in [-0.2, -0.15) is 0 Å². The second-order valence-corrected chi connectivity index (χ2v) is 4.11. The predicted octanol–water partition coefficient (Wildman–Crippen LogP) is 1.88.